The van der Waals surface area contributed by atoms with E-state index in [2.05, 4.69) is 5.10 Å². The third-order valence-electron chi connectivity index (χ3n) is 5.86. The third kappa shape index (κ3) is 3.61. The number of anilines is 1. The van der Waals surface area contributed by atoms with Gasteiger partial charge in [0.2, 0.25) is 10.0 Å². The topological polar surface area (TPSA) is 75.5 Å². The van der Waals surface area contributed by atoms with E-state index in [1.807, 2.05) is 0 Å². The molecule has 0 saturated heterocycles. The number of rotatable bonds is 6. The molecule has 0 N–H and O–H groups in total. The molecule has 0 fully saturated rings. The van der Waals surface area contributed by atoms with Crippen molar-refractivity contribution in [1.29, 1.82) is 0 Å². The van der Waals surface area contributed by atoms with Gasteiger partial charge in [0.1, 0.15) is 11.5 Å². The Kier molecular flexibility index (Phi) is 5.87. The third-order valence-corrected chi connectivity index (χ3v) is 7.90. The summed E-state index contributed by atoms with van der Waals surface area (Å²) in [6.07, 6.45) is 2.00. The quantitative estimate of drug-likeness (QED) is 0.569. The molecule has 7 nitrogen and oxygen atoms in total. The minimum absolute atomic E-state index is 0.234. The van der Waals surface area contributed by atoms with Gasteiger partial charge in [-0.1, -0.05) is 26.0 Å². The number of amides is 1. The lowest BCUT2D eigenvalue weighted by molar-refractivity contribution is 0.0988. The Morgan fingerprint density at radius 3 is 2.53 bits per heavy atom. The molecule has 0 unspecified atom stereocenters. The number of sulfonamides is 1. The predicted octanol–water partition coefficient (Wildman–Crippen LogP) is 3.55. The Hall–Kier alpha value is -3.04. The molecule has 1 aromatic heterocycles. The Morgan fingerprint density at radius 1 is 1.12 bits per heavy atom. The fourth-order valence-electron chi connectivity index (χ4n) is 4.09. The molecule has 2 aromatic carbocycles. The van der Waals surface area contributed by atoms with Crippen LogP contribution in [-0.2, 0) is 16.4 Å². The van der Waals surface area contributed by atoms with Crippen LogP contribution in [0.4, 0.5) is 10.1 Å². The SMILES string of the molecule is CCN(CC)S(=O)(=O)c1ccc2c(c1)CCN2C(=O)c1cnn(-c2ccccc2F)c1C. The molecule has 0 radical (unpaired) electrons. The van der Waals surface area contributed by atoms with E-state index in [-0.39, 0.29) is 16.5 Å². The summed E-state index contributed by atoms with van der Waals surface area (Å²) < 4.78 is 42.7. The van der Waals surface area contributed by atoms with E-state index in [1.165, 1.54) is 21.3 Å². The highest BCUT2D eigenvalue weighted by Gasteiger charge is 2.30. The van der Waals surface area contributed by atoms with E-state index in [1.54, 1.807) is 62.1 Å². The summed E-state index contributed by atoms with van der Waals surface area (Å²) in [7, 11) is -3.57. The van der Waals surface area contributed by atoms with Crippen LogP contribution in [0.2, 0.25) is 0 Å². The van der Waals surface area contributed by atoms with Crippen molar-refractivity contribution in [1.82, 2.24) is 14.1 Å². The number of hydrogen-bond acceptors (Lipinski definition) is 4. The van der Waals surface area contributed by atoms with Gasteiger partial charge < -0.3 is 4.90 Å². The first-order chi connectivity index (χ1) is 15.3. The second-order valence-corrected chi connectivity index (χ2v) is 9.53. The summed E-state index contributed by atoms with van der Waals surface area (Å²) in [5.74, 6) is -0.672. The van der Waals surface area contributed by atoms with Gasteiger partial charge in [-0.15, -0.1) is 0 Å². The zero-order valence-electron chi connectivity index (χ0n) is 18.2. The number of halogens is 1. The van der Waals surface area contributed by atoms with Gasteiger partial charge in [0, 0.05) is 25.3 Å². The molecule has 3 aromatic rings. The van der Waals surface area contributed by atoms with Crippen molar-refractivity contribution in [2.24, 2.45) is 0 Å². The predicted molar refractivity (Wildman–Crippen MR) is 120 cm³/mol. The molecule has 0 bridgehead atoms. The molecule has 2 heterocycles. The number of hydrogen-bond donors (Lipinski definition) is 0. The normalized spacial score (nSPS) is 13.6. The van der Waals surface area contributed by atoms with Crippen molar-refractivity contribution in [3.8, 4) is 5.69 Å². The molecule has 168 valence electrons. The van der Waals surface area contributed by atoms with E-state index in [4.69, 9.17) is 0 Å². The highest BCUT2D eigenvalue weighted by Crippen LogP contribution is 2.33. The van der Waals surface area contributed by atoms with E-state index >= 15 is 0 Å². The van der Waals surface area contributed by atoms with Crippen LogP contribution >= 0.6 is 0 Å². The van der Waals surface area contributed by atoms with E-state index < -0.39 is 15.8 Å². The molecule has 1 aliphatic heterocycles. The summed E-state index contributed by atoms with van der Waals surface area (Å²) in [6.45, 7) is 6.56. The summed E-state index contributed by atoms with van der Waals surface area (Å²) in [6, 6.07) is 11.2. The van der Waals surface area contributed by atoms with E-state index in [0.29, 0.717) is 43.0 Å². The number of nitrogens with zero attached hydrogens (tertiary/aromatic N) is 4. The first kappa shape index (κ1) is 22.2. The molecule has 9 heteroatoms. The maximum absolute atomic E-state index is 14.2. The molecule has 0 spiro atoms. The molecule has 0 atom stereocenters. The Balaban J connectivity index is 1.65. The van der Waals surface area contributed by atoms with Crippen molar-refractivity contribution in [3.63, 3.8) is 0 Å². The van der Waals surface area contributed by atoms with Crippen LogP contribution in [0.1, 0.15) is 35.5 Å². The zero-order valence-corrected chi connectivity index (χ0v) is 19.1. The number of carbonyl (C=O) groups is 1. The van der Waals surface area contributed by atoms with Crippen LogP contribution in [0.5, 0.6) is 0 Å². The molecular formula is C23H25FN4O3S. The van der Waals surface area contributed by atoms with E-state index in [0.717, 1.165) is 5.56 Å². The Labute approximate surface area is 187 Å². The van der Waals surface area contributed by atoms with Gasteiger partial charge in [-0.2, -0.15) is 9.40 Å². The first-order valence-corrected chi connectivity index (χ1v) is 12.0. The van der Waals surface area contributed by atoms with Crippen LogP contribution < -0.4 is 4.90 Å². The minimum Gasteiger partial charge on any atom is -0.308 e. The second kappa shape index (κ2) is 8.48. The zero-order chi connectivity index (χ0) is 23.0. The Bertz CT molecular complexity index is 1280. The van der Waals surface area contributed by atoms with Gasteiger partial charge in [0.15, 0.2) is 0 Å². The molecule has 0 saturated carbocycles. The van der Waals surface area contributed by atoms with Crippen LogP contribution in [0.25, 0.3) is 5.69 Å². The van der Waals surface area contributed by atoms with Gasteiger partial charge in [0.25, 0.3) is 5.91 Å². The van der Waals surface area contributed by atoms with Crippen molar-refractivity contribution in [3.05, 3.63) is 71.3 Å². The van der Waals surface area contributed by atoms with Crippen LogP contribution in [0.15, 0.2) is 53.6 Å². The minimum atomic E-state index is -3.57. The summed E-state index contributed by atoms with van der Waals surface area (Å²) in [5.41, 5.74) is 2.68. The molecule has 1 aliphatic rings. The van der Waals surface area contributed by atoms with Gasteiger partial charge in [0.05, 0.1) is 22.3 Å². The first-order valence-electron chi connectivity index (χ1n) is 10.5. The second-order valence-electron chi connectivity index (χ2n) is 7.59. The number of carbonyl (C=O) groups excluding carboxylic acids is 1. The fourth-order valence-corrected chi connectivity index (χ4v) is 5.60. The van der Waals surface area contributed by atoms with E-state index in [9.17, 15) is 17.6 Å². The number of aromatic nitrogens is 2. The van der Waals surface area contributed by atoms with Gasteiger partial charge in [-0.3, -0.25) is 4.79 Å². The molecular weight excluding hydrogens is 431 g/mol. The van der Waals surface area contributed by atoms with Crippen LogP contribution in [0.3, 0.4) is 0 Å². The monoisotopic (exact) mass is 456 g/mol. The maximum atomic E-state index is 14.2. The van der Waals surface area contributed by atoms with Gasteiger partial charge >= 0.3 is 0 Å². The van der Waals surface area contributed by atoms with Crippen LogP contribution in [0, 0.1) is 12.7 Å². The lowest BCUT2D eigenvalue weighted by atomic mass is 10.1. The van der Waals surface area contributed by atoms with Crippen molar-refractivity contribution >= 4 is 21.6 Å². The lowest BCUT2D eigenvalue weighted by Crippen LogP contribution is -2.31. The highest BCUT2D eigenvalue weighted by molar-refractivity contribution is 7.89. The molecule has 0 aliphatic carbocycles. The number of fused-ring (bicyclic) bond motifs is 1. The van der Waals surface area contributed by atoms with Crippen LogP contribution in [-0.4, -0.2) is 48.0 Å². The largest absolute Gasteiger partial charge is 0.308 e. The molecule has 1 amide bonds. The summed E-state index contributed by atoms with van der Waals surface area (Å²) >= 11 is 0. The summed E-state index contributed by atoms with van der Waals surface area (Å²) in [4.78, 5) is 15.2. The summed E-state index contributed by atoms with van der Waals surface area (Å²) in [5, 5.41) is 4.22. The maximum Gasteiger partial charge on any atom is 0.261 e. The Morgan fingerprint density at radius 2 is 1.84 bits per heavy atom. The fraction of sp³-hybridized carbons (Fsp3) is 0.304. The number of benzene rings is 2. The van der Waals surface area contributed by atoms with Gasteiger partial charge in [-0.25, -0.2) is 17.5 Å². The average Bonchev–Trinajstić information content (AvgIpc) is 3.37. The smallest absolute Gasteiger partial charge is 0.261 e. The van der Waals surface area contributed by atoms with Crippen molar-refractivity contribution < 1.29 is 17.6 Å². The number of para-hydroxylation sites is 1. The average molecular weight is 457 g/mol. The van der Waals surface area contributed by atoms with Gasteiger partial charge in [-0.05, 0) is 49.2 Å². The molecule has 32 heavy (non-hydrogen) atoms. The lowest BCUT2D eigenvalue weighted by Gasteiger charge is -2.20. The highest BCUT2D eigenvalue weighted by atomic mass is 32.2. The van der Waals surface area contributed by atoms with Crippen molar-refractivity contribution in [2.45, 2.75) is 32.1 Å². The van der Waals surface area contributed by atoms with Crippen molar-refractivity contribution in [2.75, 3.05) is 24.5 Å². The molecule has 4 rings (SSSR count). The standard InChI is InChI=1S/C23H25FN4O3S/c1-4-26(5-2)32(30,31)18-10-11-21-17(14-18)12-13-27(21)23(29)19-15-25-28(16(19)3)22-9-7-6-8-20(22)24/h6-11,14-15H,4-5,12-13H2,1-3H3.